The summed E-state index contributed by atoms with van der Waals surface area (Å²) < 4.78 is 27.6. The first-order chi connectivity index (χ1) is 26.1. The Kier molecular flexibility index (Phi) is 20.5. The van der Waals surface area contributed by atoms with Crippen LogP contribution in [-0.4, -0.2) is 49.5 Å². The van der Waals surface area contributed by atoms with Crippen LogP contribution in [0.5, 0.6) is 17.2 Å². The number of aliphatic carboxylic acids is 1. The Balaban J connectivity index is 0.000000292. The number of esters is 1. The van der Waals surface area contributed by atoms with Crippen molar-refractivity contribution in [2.24, 2.45) is 0 Å². The summed E-state index contributed by atoms with van der Waals surface area (Å²) in [6.45, 7) is 2.05. The van der Waals surface area contributed by atoms with E-state index in [-0.39, 0.29) is 23.0 Å². The Hall–Kier alpha value is -5.00. The molecule has 0 unspecified atom stereocenters. The average Bonchev–Trinajstić information content (AvgIpc) is 3.54. The molecule has 3 N–H and O–H groups in total. The lowest BCUT2D eigenvalue weighted by atomic mass is 10.2. The van der Waals surface area contributed by atoms with Crippen LogP contribution in [0, 0.1) is 18.3 Å². The number of rotatable bonds is 10. The number of aromatic nitrogens is 3. The third-order valence-electron chi connectivity index (χ3n) is 5.91. The number of aryl methyl sites for hydroxylation is 1. The van der Waals surface area contributed by atoms with Crippen LogP contribution in [-0.2, 0) is 25.5 Å². The predicted octanol–water partition coefficient (Wildman–Crippen LogP) is 10.4. The van der Waals surface area contributed by atoms with E-state index in [1.165, 1.54) is 36.6 Å². The number of allylic oxidation sites excluding steroid dienone is 1. The maximum absolute atomic E-state index is 13.0. The quantitative estimate of drug-likeness (QED) is 0.0308. The van der Waals surface area contributed by atoms with Gasteiger partial charge in [0.05, 0.1) is 45.8 Å². The molecule has 55 heavy (non-hydrogen) atoms. The van der Waals surface area contributed by atoms with E-state index in [0.717, 1.165) is 12.3 Å². The molecule has 5 aromatic rings. The molecule has 0 bridgehead atoms. The number of fused-ring (bicyclic) bond motifs is 1. The third-order valence-corrected chi connectivity index (χ3v) is 7.51. The van der Waals surface area contributed by atoms with Gasteiger partial charge in [0.15, 0.2) is 11.4 Å². The Morgan fingerprint density at radius 2 is 1.36 bits per heavy atom. The van der Waals surface area contributed by atoms with Crippen molar-refractivity contribution in [2.75, 3.05) is 6.61 Å². The summed E-state index contributed by atoms with van der Waals surface area (Å²) >= 11 is 34.2. The highest BCUT2D eigenvalue weighted by Gasteiger charge is 2.07. The zero-order valence-electron chi connectivity index (χ0n) is 28.2. The Morgan fingerprint density at radius 1 is 0.818 bits per heavy atom. The molecule has 0 atom stereocenters. The molecule has 0 amide bonds. The number of carbonyl (C=O) groups is 3. The van der Waals surface area contributed by atoms with Crippen LogP contribution in [0.25, 0.3) is 11.2 Å². The van der Waals surface area contributed by atoms with Gasteiger partial charge in [-0.15, -0.1) is 6.42 Å². The average molecular weight is 874 g/mol. The number of halogens is 7. The second-order valence-electron chi connectivity index (χ2n) is 9.94. The van der Waals surface area contributed by atoms with Crippen LogP contribution >= 0.6 is 69.6 Å². The molecule has 0 spiro atoms. The van der Waals surface area contributed by atoms with Crippen molar-refractivity contribution in [3.63, 3.8) is 0 Å². The van der Waals surface area contributed by atoms with Crippen LogP contribution in [0.1, 0.15) is 19.2 Å². The van der Waals surface area contributed by atoms with E-state index in [2.05, 4.69) is 26.1 Å². The molecule has 2 heterocycles. The molecule has 0 aliphatic heterocycles. The number of H-pyrrole nitrogens is 1. The highest BCUT2D eigenvalue weighted by atomic mass is 35.5. The number of hydrogen-bond acceptors (Lipinski definition) is 9. The summed E-state index contributed by atoms with van der Waals surface area (Å²) in [5.74, 6) is 0.760. The molecular formula is C37H28Cl6FN3O8. The highest BCUT2D eigenvalue weighted by molar-refractivity contribution is 6.36. The van der Waals surface area contributed by atoms with Crippen molar-refractivity contribution in [3.8, 4) is 29.6 Å². The van der Waals surface area contributed by atoms with Gasteiger partial charge in [0, 0.05) is 39.9 Å². The molecule has 0 radical (unpaired) electrons. The van der Waals surface area contributed by atoms with Crippen LogP contribution in [0.15, 0.2) is 91.4 Å². The van der Waals surface area contributed by atoms with E-state index >= 15 is 0 Å². The number of phenols is 1. The minimum Gasteiger partial charge on any atom is -0.506 e. The summed E-state index contributed by atoms with van der Waals surface area (Å²) in [4.78, 5) is 42.8. The minimum absolute atomic E-state index is 0.0565. The van der Waals surface area contributed by atoms with E-state index in [1.54, 1.807) is 55.3 Å². The van der Waals surface area contributed by atoms with E-state index in [0.29, 0.717) is 66.6 Å². The molecule has 2 aromatic heterocycles. The van der Waals surface area contributed by atoms with E-state index in [9.17, 15) is 18.8 Å². The fourth-order valence-corrected chi connectivity index (χ4v) is 4.82. The summed E-state index contributed by atoms with van der Waals surface area (Å²) in [5.41, 5.74) is 0.916. The number of aromatic amines is 1. The summed E-state index contributed by atoms with van der Waals surface area (Å²) in [6.07, 6.45) is 9.72. The minimum atomic E-state index is -1.09. The molecule has 288 valence electrons. The second-order valence-corrected chi connectivity index (χ2v) is 12.5. The van der Waals surface area contributed by atoms with Crippen LogP contribution < -0.4 is 9.47 Å². The summed E-state index contributed by atoms with van der Waals surface area (Å²) in [7, 11) is 0. The van der Waals surface area contributed by atoms with Crippen molar-refractivity contribution in [3.05, 3.63) is 133 Å². The fourth-order valence-electron chi connectivity index (χ4n) is 3.51. The predicted molar refractivity (Wildman–Crippen MR) is 211 cm³/mol. The number of ketones is 1. The normalized spacial score (nSPS) is 10.2. The van der Waals surface area contributed by atoms with Gasteiger partial charge in [0.25, 0.3) is 0 Å². The first-order valence-corrected chi connectivity index (χ1v) is 17.5. The Bertz CT molecular complexity index is 2190. The van der Waals surface area contributed by atoms with Gasteiger partial charge in [0.2, 0.25) is 5.95 Å². The molecule has 0 saturated carbocycles. The van der Waals surface area contributed by atoms with Crippen molar-refractivity contribution in [1.82, 2.24) is 15.0 Å². The number of terminal acetylenes is 1. The topological polar surface area (TPSA) is 161 Å². The lowest BCUT2D eigenvalue weighted by molar-refractivity contribution is -0.136. The number of imidazole rings is 1. The molecule has 0 saturated heterocycles. The number of benzene rings is 3. The maximum Gasteiger partial charge on any atom is 0.384 e. The number of phenolic OH excluding ortho intramolecular Hbond substituents is 1. The number of ether oxygens (including phenoxy) is 3. The van der Waals surface area contributed by atoms with Gasteiger partial charge in [-0.05, 0) is 73.7 Å². The van der Waals surface area contributed by atoms with Crippen molar-refractivity contribution >= 4 is 98.5 Å². The molecule has 18 heteroatoms. The number of hydrogen-bond donors (Lipinski definition) is 3. The molecule has 3 aromatic carbocycles. The van der Waals surface area contributed by atoms with Gasteiger partial charge in [-0.25, -0.2) is 14.6 Å². The molecule has 5 rings (SSSR count). The van der Waals surface area contributed by atoms with Gasteiger partial charge in [0.1, 0.15) is 23.1 Å². The number of carboxylic acid groups (broad SMARTS) is 1. The number of carboxylic acids is 1. The van der Waals surface area contributed by atoms with E-state index in [1.807, 2.05) is 0 Å². The monoisotopic (exact) mass is 871 g/mol. The molecule has 0 aliphatic rings. The van der Waals surface area contributed by atoms with Gasteiger partial charge >= 0.3 is 11.9 Å². The lowest BCUT2D eigenvalue weighted by Crippen LogP contribution is -1.98. The number of carbonyl (C=O) groups excluding carboxylic acids is 2. The maximum atomic E-state index is 13.0. The van der Waals surface area contributed by atoms with E-state index < -0.39 is 17.9 Å². The van der Waals surface area contributed by atoms with Crippen molar-refractivity contribution in [1.29, 1.82) is 0 Å². The third kappa shape index (κ3) is 18.3. The summed E-state index contributed by atoms with van der Waals surface area (Å²) in [5, 5.41) is 19.6. The number of aromatic hydroxyl groups is 1. The smallest absolute Gasteiger partial charge is 0.384 e. The zero-order chi connectivity index (χ0) is 40.9. The number of pyridine rings is 1. The summed E-state index contributed by atoms with van der Waals surface area (Å²) in [6, 6.07) is 16.8. The first-order valence-electron chi connectivity index (χ1n) is 15.2. The van der Waals surface area contributed by atoms with Gasteiger partial charge < -0.3 is 29.4 Å². The Morgan fingerprint density at radius 3 is 1.84 bits per heavy atom. The standard InChI is InChI=1S/C17H12Cl2FN3O2.C9H6Cl2O3.C6H4Cl2O.C5H6O2/c18-10-1-4-14(12(19)9-10)25-8-7-11(24)2-6-16-21-13-3-5-15(20)22-17(13)23-16;10-6-1-2-8(7(11)5-6)14-4-3-9(12)13;7-4-1-2-6(9)5(8)3-4;1-3-5(6)7-4-2/h1,3-5,7-9H,2,6H2,(H,21,22,23);1-5H,(H,12,13);1-3,9H;1H,4H2,2H3/b8-7+;4-3+;;. The van der Waals surface area contributed by atoms with Gasteiger partial charge in [-0.1, -0.05) is 69.6 Å². The molecular weight excluding hydrogens is 846 g/mol. The van der Waals surface area contributed by atoms with Gasteiger partial charge in [-0.3, -0.25) is 4.79 Å². The largest absolute Gasteiger partial charge is 0.506 e. The zero-order valence-corrected chi connectivity index (χ0v) is 32.8. The SMILES string of the molecule is C#CC(=O)OCC.O=C(/C=C/Oc1ccc(Cl)cc1Cl)CCc1nc2nc(F)ccc2[nH]1.O=C(O)/C=C/Oc1ccc(Cl)cc1Cl.Oc1ccc(Cl)cc1Cl. The fraction of sp³-hybridized carbons (Fsp3) is 0.108. The van der Waals surface area contributed by atoms with Gasteiger partial charge in [-0.2, -0.15) is 9.37 Å². The van der Waals surface area contributed by atoms with Crippen molar-refractivity contribution < 1.29 is 43.2 Å². The van der Waals surface area contributed by atoms with E-state index in [4.69, 9.17) is 89.3 Å². The number of nitrogens with one attached hydrogen (secondary N) is 1. The second kappa shape index (κ2) is 24.4. The molecule has 11 nitrogen and oxygen atoms in total. The lowest BCUT2D eigenvalue weighted by Gasteiger charge is -2.02. The number of nitrogens with zero attached hydrogens (tertiary/aromatic N) is 2. The van der Waals surface area contributed by atoms with Crippen LogP contribution in [0.3, 0.4) is 0 Å². The Labute approximate surface area is 344 Å². The van der Waals surface area contributed by atoms with Crippen LogP contribution in [0.4, 0.5) is 4.39 Å². The first kappa shape index (κ1) is 46.2. The van der Waals surface area contributed by atoms with Crippen LogP contribution in [0.2, 0.25) is 30.1 Å². The highest BCUT2D eigenvalue weighted by Crippen LogP contribution is 2.29. The van der Waals surface area contributed by atoms with Crippen molar-refractivity contribution in [2.45, 2.75) is 19.8 Å². The molecule has 0 fully saturated rings. The molecule has 0 aliphatic carbocycles.